The first-order valence-electron chi connectivity index (χ1n) is 5.83. The Morgan fingerprint density at radius 3 is 2.61 bits per heavy atom. The SMILES string of the molecule is Nc1ccc2c(c1O)c1ccccc1n2CCO. The quantitative estimate of drug-likeness (QED) is 0.476. The molecule has 0 amide bonds. The van der Waals surface area contributed by atoms with E-state index in [9.17, 15) is 10.2 Å². The highest BCUT2D eigenvalue weighted by atomic mass is 16.3. The summed E-state index contributed by atoms with van der Waals surface area (Å²) >= 11 is 0. The maximum Gasteiger partial charge on any atom is 0.148 e. The number of hydrogen-bond donors (Lipinski definition) is 3. The molecule has 3 rings (SSSR count). The highest BCUT2D eigenvalue weighted by Gasteiger charge is 2.14. The molecule has 0 saturated carbocycles. The van der Waals surface area contributed by atoms with Crippen molar-refractivity contribution in [3.63, 3.8) is 0 Å². The van der Waals surface area contributed by atoms with Crippen molar-refractivity contribution in [2.24, 2.45) is 0 Å². The minimum atomic E-state index is 0.0545. The van der Waals surface area contributed by atoms with Crippen LogP contribution in [0, 0.1) is 0 Å². The lowest BCUT2D eigenvalue weighted by Crippen LogP contribution is -2.01. The molecule has 92 valence electrons. The van der Waals surface area contributed by atoms with Crippen LogP contribution in [0.5, 0.6) is 5.75 Å². The largest absolute Gasteiger partial charge is 0.505 e. The Morgan fingerprint density at radius 2 is 1.83 bits per heavy atom. The molecule has 1 aromatic heterocycles. The zero-order valence-corrected chi connectivity index (χ0v) is 9.80. The molecule has 4 heteroatoms. The smallest absolute Gasteiger partial charge is 0.148 e. The second-order valence-corrected chi connectivity index (χ2v) is 4.29. The second-order valence-electron chi connectivity index (χ2n) is 4.29. The summed E-state index contributed by atoms with van der Waals surface area (Å²) in [6.07, 6.45) is 0. The van der Waals surface area contributed by atoms with Crippen molar-refractivity contribution < 1.29 is 10.2 Å². The Balaban J connectivity index is 2.54. The van der Waals surface area contributed by atoms with Crippen molar-refractivity contribution in [2.45, 2.75) is 6.54 Å². The zero-order chi connectivity index (χ0) is 12.7. The summed E-state index contributed by atoms with van der Waals surface area (Å²) in [6.45, 7) is 0.548. The predicted molar refractivity (Wildman–Crippen MR) is 72.6 cm³/mol. The molecular formula is C14H14N2O2. The molecule has 0 aliphatic heterocycles. The van der Waals surface area contributed by atoms with Gasteiger partial charge in [-0.15, -0.1) is 0 Å². The average Bonchev–Trinajstić information content (AvgIpc) is 2.70. The number of fused-ring (bicyclic) bond motifs is 3. The average molecular weight is 242 g/mol. The molecule has 0 fully saturated rings. The lowest BCUT2D eigenvalue weighted by atomic mass is 10.1. The Labute approximate surface area is 104 Å². The summed E-state index contributed by atoms with van der Waals surface area (Å²) in [6, 6.07) is 11.3. The van der Waals surface area contributed by atoms with Crippen LogP contribution in [-0.4, -0.2) is 21.4 Å². The van der Waals surface area contributed by atoms with Crippen molar-refractivity contribution in [1.82, 2.24) is 4.57 Å². The Bertz CT molecular complexity index is 731. The molecule has 4 nitrogen and oxygen atoms in total. The van der Waals surface area contributed by atoms with Crippen LogP contribution in [0.15, 0.2) is 36.4 Å². The molecule has 0 aliphatic rings. The first kappa shape index (κ1) is 10.9. The molecule has 2 aromatic carbocycles. The number of aromatic nitrogens is 1. The standard InChI is InChI=1S/C14H14N2O2/c15-10-5-6-12-13(14(10)18)9-3-1-2-4-11(9)16(12)7-8-17/h1-6,17-18H,7-8,15H2. The lowest BCUT2D eigenvalue weighted by Gasteiger charge is -2.05. The van der Waals surface area contributed by atoms with Crippen LogP contribution in [0.2, 0.25) is 0 Å². The number of nitrogens with two attached hydrogens (primary N) is 1. The van der Waals surface area contributed by atoms with E-state index in [4.69, 9.17) is 5.73 Å². The summed E-state index contributed by atoms with van der Waals surface area (Å²) in [4.78, 5) is 0. The fourth-order valence-electron chi connectivity index (χ4n) is 2.48. The van der Waals surface area contributed by atoms with Gasteiger partial charge in [0.05, 0.1) is 23.2 Å². The normalized spacial score (nSPS) is 11.4. The molecule has 18 heavy (non-hydrogen) atoms. The van der Waals surface area contributed by atoms with Crippen LogP contribution < -0.4 is 5.73 Å². The number of rotatable bonds is 2. The number of nitrogens with zero attached hydrogens (tertiary/aromatic N) is 1. The third-order valence-corrected chi connectivity index (χ3v) is 3.27. The minimum absolute atomic E-state index is 0.0545. The molecule has 0 unspecified atom stereocenters. The summed E-state index contributed by atoms with van der Waals surface area (Å²) in [7, 11) is 0. The molecule has 0 saturated heterocycles. The summed E-state index contributed by atoms with van der Waals surface area (Å²) < 4.78 is 1.99. The van der Waals surface area contributed by atoms with Crippen LogP contribution in [0.1, 0.15) is 0 Å². The topological polar surface area (TPSA) is 71.4 Å². The molecule has 1 heterocycles. The molecule has 0 bridgehead atoms. The fourth-order valence-corrected chi connectivity index (χ4v) is 2.48. The third-order valence-electron chi connectivity index (χ3n) is 3.27. The van der Waals surface area contributed by atoms with Crippen molar-refractivity contribution in [2.75, 3.05) is 12.3 Å². The maximum atomic E-state index is 10.1. The summed E-state index contributed by atoms with van der Waals surface area (Å²) in [5.41, 5.74) is 8.00. The molecule has 0 atom stereocenters. The molecule has 0 aliphatic carbocycles. The van der Waals surface area contributed by atoms with E-state index in [-0.39, 0.29) is 12.4 Å². The van der Waals surface area contributed by atoms with Crippen LogP contribution in [0.25, 0.3) is 21.8 Å². The van der Waals surface area contributed by atoms with Crippen molar-refractivity contribution in [1.29, 1.82) is 0 Å². The Hall–Kier alpha value is -2.20. The summed E-state index contributed by atoms with van der Waals surface area (Å²) in [5, 5.41) is 21.0. The number of aromatic hydroxyl groups is 1. The molecular weight excluding hydrogens is 228 g/mol. The summed E-state index contributed by atoms with van der Waals surface area (Å²) in [5.74, 6) is 0.111. The Morgan fingerprint density at radius 1 is 1.06 bits per heavy atom. The Kier molecular flexibility index (Phi) is 2.38. The van der Waals surface area contributed by atoms with E-state index in [1.165, 1.54) is 0 Å². The predicted octanol–water partition coefficient (Wildman–Crippen LogP) is 2.07. The molecule has 4 N–H and O–H groups in total. The van der Waals surface area contributed by atoms with Gasteiger partial charge in [-0.05, 0) is 18.2 Å². The first-order valence-corrected chi connectivity index (χ1v) is 5.83. The van der Waals surface area contributed by atoms with Gasteiger partial charge in [0.25, 0.3) is 0 Å². The van der Waals surface area contributed by atoms with Crippen molar-refractivity contribution in [3.8, 4) is 5.75 Å². The number of nitrogen functional groups attached to an aromatic ring is 1. The zero-order valence-electron chi connectivity index (χ0n) is 9.80. The van der Waals surface area contributed by atoms with Crippen LogP contribution in [0.4, 0.5) is 5.69 Å². The number of aliphatic hydroxyl groups is 1. The number of benzene rings is 2. The van der Waals surface area contributed by atoms with Gasteiger partial charge in [0.15, 0.2) is 0 Å². The maximum absolute atomic E-state index is 10.1. The number of aliphatic hydroxyl groups excluding tert-OH is 1. The van der Waals surface area contributed by atoms with E-state index >= 15 is 0 Å². The van der Waals surface area contributed by atoms with Gasteiger partial charge < -0.3 is 20.5 Å². The second kappa shape index (κ2) is 3.92. The number of anilines is 1. The van der Waals surface area contributed by atoms with Crippen LogP contribution in [-0.2, 0) is 6.54 Å². The van der Waals surface area contributed by atoms with E-state index in [0.29, 0.717) is 12.2 Å². The van der Waals surface area contributed by atoms with E-state index < -0.39 is 0 Å². The molecule has 0 radical (unpaired) electrons. The van der Waals surface area contributed by atoms with Crippen LogP contribution in [0.3, 0.4) is 0 Å². The van der Waals surface area contributed by atoms with Gasteiger partial charge >= 0.3 is 0 Å². The van der Waals surface area contributed by atoms with Gasteiger partial charge in [-0.3, -0.25) is 0 Å². The third kappa shape index (κ3) is 1.36. The monoisotopic (exact) mass is 242 g/mol. The van der Waals surface area contributed by atoms with E-state index in [1.54, 1.807) is 6.07 Å². The number of phenolic OH excluding ortho intramolecular Hbond substituents is 1. The van der Waals surface area contributed by atoms with Gasteiger partial charge in [-0.25, -0.2) is 0 Å². The van der Waals surface area contributed by atoms with Gasteiger partial charge in [-0.2, -0.15) is 0 Å². The van der Waals surface area contributed by atoms with Gasteiger partial charge in [0.2, 0.25) is 0 Å². The van der Waals surface area contributed by atoms with Gasteiger partial charge in [-0.1, -0.05) is 18.2 Å². The first-order chi connectivity index (χ1) is 8.74. The van der Waals surface area contributed by atoms with Crippen molar-refractivity contribution in [3.05, 3.63) is 36.4 Å². The van der Waals surface area contributed by atoms with Crippen molar-refractivity contribution >= 4 is 27.5 Å². The fraction of sp³-hybridized carbons (Fsp3) is 0.143. The number of hydrogen-bond acceptors (Lipinski definition) is 3. The van der Waals surface area contributed by atoms with E-state index in [2.05, 4.69) is 0 Å². The highest BCUT2D eigenvalue weighted by Crippen LogP contribution is 2.38. The van der Waals surface area contributed by atoms with Gasteiger partial charge in [0.1, 0.15) is 5.75 Å². The number of para-hydroxylation sites is 1. The van der Waals surface area contributed by atoms with E-state index in [1.807, 2.05) is 34.9 Å². The molecule has 3 aromatic rings. The molecule has 0 spiro atoms. The van der Waals surface area contributed by atoms with Crippen LogP contribution >= 0.6 is 0 Å². The highest BCUT2D eigenvalue weighted by molar-refractivity contribution is 6.12. The lowest BCUT2D eigenvalue weighted by molar-refractivity contribution is 0.280. The van der Waals surface area contributed by atoms with Gasteiger partial charge in [0, 0.05) is 17.4 Å². The number of phenols is 1. The van der Waals surface area contributed by atoms with E-state index in [0.717, 1.165) is 21.8 Å². The minimum Gasteiger partial charge on any atom is -0.505 e.